The molecule has 0 radical (unpaired) electrons. The number of unbranched alkanes of at least 4 members (excludes halogenated alkanes) is 13. The summed E-state index contributed by atoms with van der Waals surface area (Å²) in [5.74, 6) is 2.31. The Morgan fingerprint density at radius 3 is 2.00 bits per heavy atom. The van der Waals surface area contributed by atoms with Crippen molar-refractivity contribution >= 4 is 11.8 Å². The molecule has 0 amide bonds. The van der Waals surface area contributed by atoms with E-state index in [0.717, 1.165) is 69.9 Å². The molecule has 0 spiro atoms. The van der Waals surface area contributed by atoms with Gasteiger partial charge in [0.2, 0.25) is 0 Å². The number of aryl methyl sites for hydroxylation is 1. The molecule has 1 aromatic rings. The predicted molar refractivity (Wildman–Crippen MR) is 214 cm³/mol. The molecule has 292 valence electrons. The quantitative estimate of drug-likeness (QED) is 0.0394. The summed E-state index contributed by atoms with van der Waals surface area (Å²) >= 11 is 0. The van der Waals surface area contributed by atoms with Crippen molar-refractivity contribution in [2.45, 2.75) is 200 Å². The Kier molecular flexibility index (Phi) is 23.5. The topological polar surface area (TPSA) is 64.4 Å². The molecule has 1 heterocycles. The molecule has 0 saturated heterocycles. The van der Waals surface area contributed by atoms with Crippen molar-refractivity contribution in [2.24, 2.45) is 17.3 Å². The van der Waals surface area contributed by atoms with E-state index in [9.17, 15) is 9.59 Å². The number of ketones is 1. The molecule has 1 unspecified atom stereocenters. The van der Waals surface area contributed by atoms with E-state index in [4.69, 9.17) is 4.74 Å². The first-order valence-corrected chi connectivity index (χ1v) is 22.0. The maximum absolute atomic E-state index is 12.6. The molecular weight excluding hydrogens is 631 g/mol. The van der Waals surface area contributed by atoms with Gasteiger partial charge in [0, 0.05) is 43.6 Å². The van der Waals surface area contributed by atoms with Gasteiger partial charge >= 0.3 is 5.97 Å². The van der Waals surface area contributed by atoms with E-state index in [-0.39, 0.29) is 5.97 Å². The zero-order valence-electron chi connectivity index (χ0n) is 33.4. The molecule has 3 saturated carbocycles. The smallest absolute Gasteiger partial charge is 0.305 e. The van der Waals surface area contributed by atoms with Gasteiger partial charge in [-0.15, -0.1) is 0 Å². The van der Waals surface area contributed by atoms with Crippen LogP contribution in [0, 0.1) is 17.3 Å². The molecule has 1 aromatic heterocycles. The third kappa shape index (κ3) is 20.2. The number of aromatic nitrogens is 2. The summed E-state index contributed by atoms with van der Waals surface area (Å²) in [5, 5.41) is 0. The van der Waals surface area contributed by atoms with E-state index in [1.165, 1.54) is 142 Å². The zero-order valence-corrected chi connectivity index (χ0v) is 33.4. The van der Waals surface area contributed by atoms with Crippen LogP contribution in [0.2, 0.25) is 0 Å². The third-order valence-corrected chi connectivity index (χ3v) is 11.9. The van der Waals surface area contributed by atoms with Crippen LogP contribution in [0.3, 0.4) is 0 Å². The molecule has 4 rings (SSSR count). The van der Waals surface area contributed by atoms with Gasteiger partial charge in [0.15, 0.2) is 0 Å². The van der Waals surface area contributed by atoms with Crippen LogP contribution in [0.15, 0.2) is 30.9 Å². The summed E-state index contributed by atoms with van der Waals surface area (Å²) < 4.78 is 7.75. The van der Waals surface area contributed by atoms with Crippen molar-refractivity contribution in [1.82, 2.24) is 14.5 Å². The molecule has 6 heteroatoms. The summed E-state index contributed by atoms with van der Waals surface area (Å²) in [6.45, 7) is 9.59. The van der Waals surface area contributed by atoms with Crippen molar-refractivity contribution in [3.8, 4) is 0 Å². The minimum atomic E-state index is 0.0179. The minimum Gasteiger partial charge on any atom is -0.465 e. The Hall–Kier alpha value is -1.95. The molecule has 0 aromatic carbocycles. The summed E-state index contributed by atoms with van der Waals surface area (Å²) in [7, 11) is 0. The number of imidazole rings is 1. The van der Waals surface area contributed by atoms with Crippen LogP contribution in [0.25, 0.3) is 0 Å². The highest BCUT2D eigenvalue weighted by molar-refractivity contribution is 5.78. The summed E-state index contributed by atoms with van der Waals surface area (Å²) in [5.41, 5.74) is 0.397. The van der Waals surface area contributed by atoms with E-state index in [2.05, 4.69) is 46.6 Å². The average Bonchev–Trinajstić information content (AvgIpc) is 3.61. The molecule has 2 bridgehead atoms. The molecule has 1 atom stereocenters. The largest absolute Gasteiger partial charge is 0.465 e. The van der Waals surface area contributed by atoms with Gasteiger partial charge in [-0.2, -0.15) is 0 Å². The van der Waals surface area contributed by atoms with Crippen LogP contribution in [0.5, 0.6) is 0 Å². The first-order chi connectivity index (χ1) is 25.0. The lowest BCUT2D eigenvalue weighted by molar-refractivity contribution is -0.174. The number of Topliss-reactive ketones (excluding diaryl/α,β-unsaturated/α-hetero) is 1. The fourth-order valence-electron chi connectivity index (χ4n) is 8.56. The van der Waals surface area contributed by atoms with E-state index >= 15 is 0 Å². The van der Waals surface area contributed by atoms with Gasteiger partial charge in [0.05, 0.1) is 12.9 Å². The van der Waals surface area contributed by atoms with Crippen LogP contribution in [0.1, 0.15) is 194 Å². The molecule has 3 fully saturated rings. The van der Waals surface area contributed by atoms with E-state index in [1.54, 1.807) is 0 Å². The SMILES string of the molecule is C/C=C/CCCC(CCCCCC)CCCCC(=O)CCCCCCCN(CCCCCCCC(=O)OCC12CC(C1)C2)CCCn1ccnc1. The van der Waals surface area contributed by atoms with Gasteiger partial charge in [0.1, 0.15) is 5.78 Å². The number of ether oxygens (including phenoxy) is 1. The van der Waals surface area contributed by atoms with Crippen molar-refractivity contribution < 1.29 is 14.3 Å². The van der Waals surface area contributed by atoms with E-state index < -0.39 is 0 Å². The number of carbonyl (C=O) groups excluding carboxylic acids is 2. The lowest BCUT2D eigenvalue weighted by atomic mass is 9.45. The number of hydrogen-bond acceptors (Lipinski definition) is 5. The van der Waals surface area contributed by atoms with E-state index in [1.807, 2.05) is 12.5 Å². The van der Waals surface area contributed by atoms with Crippen LogP contribution in [0.4, 0.5) is 0 Å². The second kappa shape index (κ2) is 27.6. The van der Waals surface area contributed by atoms with Crippen molar-refractivity contribution in [3.63, 3.8) is 0 Å². The molecule has 51 heavy (non-hydrogen) atoms. The van der Waals surface area contributed by atoms with Crippen molar-refractivity contribution in [1.29, 1.82) is 0 Å². The highest BCUT2D eigenvalue weighted by Gasteiger charge is 2.57. The maximum atomic E-state index is 12.6. The Labute approximate surface area is 314 Å². The molecule has 3 aliphatic rings. The third-order valence-electron chi connectivity index (χ3n) is 11.9. The van der Waals surface area contributed by atoms with Crippen LogP contribution >= 0.6 is 0 Å². The van der Waals surface area contributed by atoms with Crippen LogP contribution < -0.4 is 0 Å². The lowest BCUT2D eigenvalue weighted by Gasteiger charge is -2.61. The highest BCUT2D eigenvalue weighted by atomic mass is 16.5. The van der Waals surface area contributed by atoms with Crippen molar-refractivity contribution in [2.75, 3.05) is 26.2 Å². The minimum absolute atomic E-state index is 0.0179. The number of esters is 1. The monoisotopic (exact) mass is 710 g/mol. The van der Waals surface area contributed by atoms with E-state index in [0.29, 0.717) is 24.2 Å². The fourth-order valence-corrected chi connectivity index (χ4v) is 8.56. The normalized spacial score (nSPS) is 18.6. The van der Waals surface area contributed by atoms with Gasteiger partial charge in [-0.3, -0.25) is 9.59 Å². The molecule has 0 N–H and O–H groups in total. The number of hydrogen-bond donors (Lipinski definition) is 0. The lowest BCUT2D eigenvalue weighted by Crippen LogP contribution is -2.54. The fraction of sp³-hybridized carbons (Fsp3) is 0.844. The number of nitrogens with zero attached hydrogens (tertiary/aromatic N) is 3. The first kappa shape index (κ1) is 43.5. The Morgan fingerprint density at radius 1 is 0.784 bits per heavy atom. The second-order valence-corrected chi connectivity index (χ2v) is 16.7. The molecular formula is C45H79N3O3. The molecule has 0 aliphatic heterocycles. The van der Waals surface area contributed by atoms with Gasteiger partial charge < -0.3 is 14.2 Å². The highest BCUT2D eigenvalue weighted by Crippen LogP contribution is 2.64. The first-order valence-electron chi connectivity index (χ1n) is 22.0. The average molecular weight is 710 g/mol. The van der Waals surface area contributed by atoms with Gasteiger partial charge in [0.25, 0.3) is 0 Å². The van der Waals surface area contributed by atoms with Crippen LogP contribution in [-0.2, 0) is 20.9 Å². The van der Waals surface area contributed by atoms with Crippen molar-refractivity contribution in [3.05, 3.63) is 30.9 Å². The molecule has 3 aliphatic carbocycles. The molecule has 6 nitrogen and oxygen atoms in total. The van der Waals surface area contributed by atoms with Gasteiger partial charge in [-0.1, -0.05) is 109 Å². The van der Waals surface area contributed by atoms with Gasteiger partial charge in [-0.05, 0) is 109 Å². The Bertz CT molecular complexity index is 1020. The van der Waals surface area contributed by atoms with Crippen LogP contribution in [-0.4, -0.2) is 52.4 Å². The van der Waals surface area contributed by atoms with Gasteiger partial charge in [-0.25, -0.2) is 4.98 Å². The summed E-state index contributed by atoms with van der Waals surface area (Å²) in [6, 6.07) is 0. The zero-order chi connectivity index (χ0) is 36.2. The Morgan fingerprint density at radius 2 is 1.37 bits per heavy atom. The second-order valence-electron chi connectivity index (χ2n) is 16.7. The summed E-state index contributed by atoms with van der Waals surface area (Å²) in [4.78, 5) is 31.6. The standard InChI is InChI=1S/C45H79N3O3/c1-3-5-7-15-24-41(25-16-8-6-4-2)26-19-20-28-43(49)27-17-11-9-13-21-31-47(33-23-34-48-35-30-46-40-48)32-22-14-10-12-18-29-44(50)51-39-45-36-42(37-45)38-45/h3,5,30,35,40-42H,4,6-29,31-34,36-39H2,1-2H3/b5-3+. The summed E-state index contributed by atoms with van der Waals surface area (Å²) in [6.07, 6.45) is 43.6. The predicted octanol–water partition coefficient (Wildman–Crippen LogP) is 12.1. The Balaban J connectivity index is 1.17. The number of rotatable bonds is 36. The maximum Gasteiger partial charge on any atom is 0.305 e. The number of allylic oxidation sites excluding steroid dienone is 2. The number of carbonyl (C=O) groups is 2.